The molecule has 0 rings (SSSR count). The van der Waals surface area contributed by atoms with Crippen LogP contribution in [0.25, 0.3) is 0 Å². The van der Waals surface area contributed by atoms with Crippen molar-refractivity contribution in [3.05, 3.63) is 0 Å². The first-order chi connectivity index (χ1) is 8.81. The lowest BCUT2D eigenvalue weighted by molar-refractivity contribution is -0.143. The van der Waals surface area contributed by atoms with E-state index in [9.17, 15) is 9.59 Å². The number of hydrogen-bond acceptors (Lipinski definition) is 3. The maximum absolute atomic E-state index is 11.5. The molecule has 1 atom stereocenters. The van der Waals surface area contributed by atoms with E-state index in [0.717, 1.165) is 6.42 Å². The molecule has 1 unspecified atom stereocenters. The van der Waals surface area contributed by atoms with E-state index in [0.29, 0.717) is 32.1 Å². The zero-order chi connectivity index (χ0) is 14.9. The molecule has 0 fully saturated rings. The normalized spacial score (nSPS) is 13.9. The first kappa shape index (κ1) is 17.7. The number of aliphatic carboxylic acids is 1. The summed E-state index contributed by atoms with van der Waals surface area (Å²) in [6.45, 7) is 8.89. The molecule has 3 N–H and O–H groups in total. The van der Waals surface area contributed by atoms with Gasteiger partial charge >= 0.3 is 12.0 Å². The first-order valence-corrected chi connectivity index (χ1v) is 6.69. The molecular weight excluding hydrogens is 248 g/mol. The van der Waals surface area contributed by atoms with E-state index in [2.05, 4.69) is 24.5 Å². The summed E-state index contributed by atoms with van der Waals surface area (Å²) in [5, 5.41) is 14.0. The molecule has 0 saturated heterocycles. The molecule has 2 amide bonds. The van der Waals surface area contributed by atoms with Crippen molar-refractivity contribution in [3.63, 3.8) is 0 Å². The van der Waals surface area contributed by atoms with Crippen LogP contribution in [0.3, 0.4) is 0 Å². The van der Waals surface area contributed by atoms with E-state index in [1.807, 2.05) is 0 Å². The third-order valence-electron chi connectivity index (χ3n) is 2.94. The standard InChI is InChI=1S/C13H26N2O4/c1-5-13(4,11(16)17)15-12(18)14-7-9-19-8-6-10(2)3/h10H,5-9H2,1-4H3,(H,16,17)(H2,14,15,18). The Kier molecular flexibility index (Phi) is 8.14. The minimum absolute atomic E-state index is 0.320. The number of carboxylic acids is 1. The van der Waals surface area contributed by atoms with Gasteiger partial charge in [-0.05, 0) is 25.7 Å². The van der Waals surface area contributed by atoms with E-state index in [1.54, 1.807) is 6.92 Å². The maximum Gasteiger partial charge on any atom is 0.329 e. The van der Waals surface area contributed by atoms with Crippen LogP contribution in [-0.2, 0) is 9.53 Å². The highest BCUT2D eigenvalue weighted by Crippen LogP contribution is 2.08. The summed E-state index contributed by atoms with van der Waals surface area (Å²) in [4.78, 5) is 22.5. The van der Waals surface area contributed by atoms with Crippen LogP contribution in [0.5, 0.6) is 0 Å². The molecule has 0 aromatic heterocycles. The fourth-order valence-electron chi connectivity index (χ4n) is 1.25. The molecular formula is C13H26N2O4. The van der Waals surface area contributed by atoms with Gasteiger partial charge in [0.15, 0.2) is 0 Å². The number of carbonyl (C=O) groups is 2. The number of carboxylic acid groups (broad SMARTS) is 1. The van der Waals surface area contributed by atoms with Gasteiger partial charge < -0.3 is 20.5 Å². The number of hydrogen-bond donors (Lipinski definition) is 3. The Balaban J connectivity index is 3.78. The van der Waals surface area contributed by atoms with Gasteiger partial charge in [-0.1, -0.05) is 20.8 Å². The van der Waals surface area contributed by atoms with Crippen LogP contribution in [0.1, 0.15) is 40.5 Å². The second-order valence-electron chi connectivity index (χ2n) is 5.17. The van der Waals surface area contributed by atoms with Crippen LogP contribution in [0.2, 0.25) is 0 Å². The highest BCUT2D eigenvalue weighted by molar-refractivity contribution is 5.85. The van der Waals surface area contributed by atoms with Crippen LogP contribution in [0, 0.1) is 5.92 Å². The Morgan fingerprint density at radius 3 is 2.42 bits per heavy atom. The van der Waals surface area contributed by atoms with E-state index >= 15 is 0 Å². The lowest BCUT2D eigenvalue weighted by Gasteiger charge is -2.24. The molecule has 19 heavy (non-hydrogen) atoms. The molecule has 0 aromatic rings. The summed E-state index contributed by atoms with van der Waals surface area (Å²) in [5.74, 6) is -0.449. The Labute approximate surface area is 114 Å². The van der Waals surface area contributed by atoms with E-state index in [1.165, 1.54) is 6.92 Å². The Bertz CT molecular complexity index is 294. The van der Waals surface area contributed by atoms with Crippen LogP contribution in [-0.4, -0.2) is 42.4 Å². The molecule has 0 aliphatic carbocycles. The first-order valence-electron chi connectivity index (χ1n) is 6.69. The van der Waals surface area contributed by atoms with Gasteiger partial charge in [-0.15, -0.1) is 0 Å². The predicted molar refractivity (Wildman–Crippen MR) is 73.1 cm³/mol. The van der Waals surface area contributed by atoms with Crippen molar-refractivity contribution in [2.24, 2.45) is 5.92 Å². The largest absolute Gasteiger partial charge is 0.480 e. The average Bonchev–Trinajstić information content (AvgIpc) is 2.32. The van der Waals surface area contributed by atoms with Crippen LogP contribution in [0.15, 0.2) is 0 Å². The molecule has 0 saturated carbocycles. The van der Waals surface area contributed by atoms with E-state index in [-0.39, 0.29) is 0 Å². The summed E-state index contributed by atoms with van der Waals surface area (Å²) >= 11 is 0. The SMILES string of the molecule is CCC(C)(NC(=O)NCCOCCC(C)C)C(=O)O. The molecule has 0 radical (unpaired) electrons. The fraction of sp³-hybridized carbons (Fsp3) is 0.846. The molecule has 0 heterocycles. The smallest absolute Gasteiger partial charge is 0.329 e. The molecule has 0 bridgehead atoms. The maximum atomic E-state index is 11.5. The number of rotatable bonds is 9. The molecule has 6 nitrogen and oxygen atoms in total. The number of amides is 2. The minimum Gasteiger partial charge on any atom is -0.480 e. The second kappa shape index (κ2) is 8.74. The summed E-state index contributed by atoms with van der Waals surface area (Å²) < 4.78 is 5.34. The van der Waals surface area contributed by atoms with Crippen LogP contribution in [0.4, 0.5) is 4.79 Å². The monoisotopic (exact) mass is 274 g/mol. The molecule has 0 spiro atoms. The summed E-state index contributed by atoms with van der Waals surface area (Å²) in [5.41, 5.74) is -1.23. The summed E-state index contributed by atoms with van der Waals surface area (Å²) in [7, 11) is 0. The molecule has 112 valence electrons. The zero-order valence-electron chi connectivity index (χ0n) is 12.3. The Hall–Kier alpha value is -1.30. The Morgan fingerprint density at radius 2 is 1.95 bits per heavy atom. The summed E-state index contributed by atoms with van der Waals surface area (Å²) in [6, 6.07) is -0.487. The zero-order valence-corrected chi connectivity index (χ0v) is 12.3. The molecule has 0 aromatic carbocycles. The van der Waals surface area contributed by atoms with Gasteiger partial charge in [-0.3, -0.25) is 0 Å². The number of nitrogens with one attached hydrogen (secondary N) is 2. The van der Waals surface area contributed by atoms with Gasteiger partial charge in [0.2, 0.25) is 0 Å². The number of ether oxygens (including phenoxy) is 1. The van der Waals surface area contributed by atoms with Crippen LogP contribution >= 0.6 is 0 Å². The van der Waals surface area contributed by atoms with Gasteiger partial charge in [-0.25, -0.2) is 9.59 Å². The van der Waals surface area contributed by atoms with Gasteiger partial charge in [0.25, 0.3) is 0 Å². The average molecular weight is 274 g/mol. The van der Waals surface area contributed by atoms with Crippen molar-refractivity contribution < 1.29 is 19.4 Å². The van der Waals surface area contributed by atoms with Crippen molar-refractivity contribution in [1.29, 1.82) is 0 Å². The van der Waals surface area contributed by atoms with Crippen molar-refractivity contribution in [3.8, 4) is 0 Å². The third kappa shape index (κ3) is 7.66. The number of carbonyl (C=O) groups excluding carboxylic acids is 1. The van der Waals surface area contributed by atoms with Crippen molar-refractivity contribution in [2.75, 3.05) is 19.8 Å². The van der Waals surface area contributed by atoms with Gasteiger partial charge in [0.1, 0.15) is 5.54 Å². The summed E-state index contributed by atoms with van der Waals surface area (Å²) in [6.07, 6.45) is 1.31. The second-order valence-corrected chi connectivity index (χ2v) is 5.17. The molecule has 0 aliphatic heterocycles. The van der Waals surface area contributed by atoms with Gasteiger partial charge in [-0.2, -0.15) is 0 Å². The van der Waals surface area contributed by atoms with E-state index in [4.69, 9.17) is 9.84 Å². The number of urea groups is 1. The highest BCUT2D eigenvalue weighted by Gasteiger charge is 2.32. The minimum atomic E-state index is -1.23. The quantitative estimate of drug-likeness (QED) is 0.557. The lowest BCUT2D eigenvalue weighted by Crippen LogP contribution is -2.55. The van der Waals surface area contributed by atoms with E-state index < -0.39 is 17.5 Å². The third-order valence-corrected chi connectivity index (χ3v) is 2.94. The van der Waals surface area contributed by atoms with Crippen molar-refractivity contribution in [1.82, 2.24) is 10.6 Å². The molecule has 0 aliphatic rings. The fourth-order valence-corrected chi connectivity index (χ4v) is 1.25. The Morgan fingerprint density at radius 1 is 1.32 bits per heavy atom. The predicted octanol–water partition coefficient (Wildman–Crippen LogP) is 1.60. The van der Waals surface area contributed by atoms with Crippen LogP contribution < -0.4 is 10.6 Å². The van der Waals surface area contributed by atoms with Crippen molar-refractivity contribution >= 4 is 12.0 Å². The highest BCUT2D eigenvalue weighted by atomic mass is 16.5. The topological polar surface area (TPSA) is 87.7 Å². The van der Waals surface area contributed by atoms with Gasteiger partial charge in [0.05, 0.1) is 6.61 Å². The van der Waals surface area contributed by atoms with Crippen molar-refractivity contribution in [2.45, 2.75) is 46.1 Å². The molecule has 6 heteroatoms. The van der Waals surface area contributed by atoms with Gasteiger partial charge in [0, 0.05) is 13.2 Å². The lowest BCUT2D eigenvalue weighted by atomic mass is 10.00.